The lowest BCUT2D eigenvalue weighted by molar-refractivity contribution is -0.0141. The molecular formula is C12H17F2N. The van der Waals surface area contributed by atoms with Gasteiger partial charge in [-0.05, 0) is 18.6 Å². The summed E-state index contributed by atoms with van der Waals surface area (Å²) in [6, 6.07) is 6.16. The average Bonchev–Trinajstić information content (AvgIpc) is 2.18. The molecule has 1 rings (SSSR count). The Hall–Kier alpha value is -0.960. The van der Waals surface area contributed by atoms with E-state index in [0.717, 1.165) is 5.56 Å². The smallest absolute Gasteiger partial charge is 0.273 e. The van der Waals surface area contributed by atoms with Crippen molar-refractivity contribution in [1.29, 1.82) is 0 Å². The van der Waals surface area contributed by atoms with Gasteiger partial charge >= 0.3 is 0 Å². The fourth-order valence-corrected chi connectivity index (χ4v) is 1.51. The van der Waals surface area contributed by atoms with Crippen molar-refractivity contribution in [1.82, 2.24) is 0 Å². The van der Waals surface area contributed by atoms with Crippen LogP contribution in [-0.2, 0) is 5.92 Å². The number of hydrogen-bond donors (Lipinski definition) is 1. The highest BCUT2D eigenvalue weighted by Crippen LogP contribution is 2.33. The van der Waals surface area contributed by atoms with E-state index < -0.39 is 5.92 Å². The topological polar surface area (TPSA) is 26.0 Å². The third kappa shape index (κ3) is 2.99. The molecule has 1 aromatic carbocycles. The molecule has 84 valence electrons. The molecule has 0 heterocycles. The Balaban J connectivity index is 2.99. The third-order valence-electron chi connectivity index (χ3n) is 2.40. The summed E-state index contributed by atoms with van der Waals surface area (Å²) in [5.74, 6) is -2.74. The molecule has 0 aliphatic heterocycles. The van der Waals surface area contributed by atoms with Crippen molar-refractivity contribution in [3.8, 4) is 0 Å². The average molecular weight is 213 g/mol. The summed E-state index contributed by atoms with van der Waals surface area (Å²) < 4.78 is 27.1. The predicted molar refractivity (Wildman–Crippen MR) is 57.8 cm³/mol. The van der Waals surface area contributed by atoms with Gasteiger partial charge in [-0.25, -0.2) is 8.78 Å². The fourth-order valence-electron chi connectivity index (χ4n) is 1.51. The molecule has 0 bridgehead atoms. The number of benzene rings is 1. The van der Waals surface area contributed by atoms with E-state index in [-0.39, 0.29) is 18.0 Å². The van der Waals surface area contributed by atoms with Crippen LogP contribution in [0.1, 0.15) is 43.9 Å². The summed E-state index contributed by atoms with van der Waals surface area (Å²) in [5, 5.41) is 0. The molecule has 15 heavy (non-hydrogen) atoms. The van der Waals surface area contributed by atoms with Crippen LogP contribution in [0.15, 0.2) is 24.3 Å². The highest BCUT2D eigenvalue weighted by molar-refractivity contribution is 5.28. The van der Waals surface area contributed by atoms with Crippen LogP contribution >= 0.6 is 0 Å². The van der Waals surface area contributed by atoms with Crippen LogP contribution in [0.5, 0.6) is 0 Å². The third-order valence-corrected chi connectivity index (χ3v) is 2.40. The van der Waals surface area contributed by atoms with Crippen molar-refractivity contribution in [2.75, 3.05) is 0 Å². The van der Waals surface area contributed by atoms with Crippen LogP contribution in [0.2, 0.25) is 0 Å². The van der Waals surface area contributed by atoms with Crippen LogP contribution < -0.4 is 5.73 Å². The van der Waals surface area contributed by atoms with Crippen LogP contribution in [0, 0.1) is 0 Å². The van der Waals surface area contributed by atoms with Gasteiger partial charge < -0.3 is 5.73 Å². The van der Waals surface area contributed by atoms with E-state index in [4.69, 9.17) is 5.73 Å². The molecule has 1 nitrogen and oxygen atoms in total. The van der Waals surface area contributed by atoms with Gasteiger partial charge in [0.05, 0.1) is 0 Å². The Kier molecular flexibility index (Phi) is 3.80. The number of nitrogens with two attached hydrogens (primary N) is 1. The SMILES string of the molecule is CCCC(F)(F)c1cccc(C(C)N)c1. The van der Waals surface area contributed by atoms with Gasteiger partial charge in [-0.3, -0.25) is 0 Å². The van der Waals surface area contributed by atoms with Crippen LogP contribution in [0.4, 0.5) is 8.78 Å². The molecule has 1 atom stereocenters. The molecule has 0 saturated heterocycles. The monoisotopic (exact) mass is 213 g/mol. The van der Waals surface area contributed by atoms with Crippen molar-refractivity contribution in [3.63, 3.8) is 0 Å². The number of halogens is 2. The zero-order valence-corrected chi connectivity index (χ0v) is 9.13. The first kappa shape index (κ1) is 12.1. The maximum absolute atomic E-state index is 13.6. The first-order valence-corrected chi connectivity index (χ1v) is 5.21. The minimum Gasteiger partial charge on any atom is -0.324 e. The van der Waals surface area contributed by atoms with Gasteiger partial charge in [0, 0.05) is 18.0 Å². The minimum absolute atomic E-state index is 0.0687. The van der Waals surface area contributed by atoms with E-state index in [2.05, 4.69) is 0 Å². The molecule has 0 spiro atoms. The fraction of sp³-hybridized carbons (Fsp3) is 0.500. The van der Waals surface area contributed by atoms with Crippen molar-refractivity contribution >= 4 is 0 Å². The van der Waals surface area contributed by atoms with Gasteiger partial charge in [-0.15, -0.1) is 0 Å². The predicted octanol–water partition coefficient (Wildman–Crippen LogP) is 3.60. The van der Waals surface area contributed by atoms with Gasteiger partial charge in [0.2, 0.25) is 0 Å². The van der Waals surface area contributed by atoms with Crippen molar-refractivity contribution < 1.29 is 8.78 Å². The zero-order chi connectivity index (χ0) is 11.5. The van der Waals surface area contributed by atoms with E-state index in [0.29, 0.717) is 6.42 Å². The molecule has 0 aromatic heterocycles. The van der Waals surface area contributed by atoms with Crippen molar-refractivity contribution in [2.45, 2.75) is 38.7 Å². The summed E-state index contributed by atoms with van der Waals surface area (Å²) in [7, 11) is 0. The van der Waals surface area contributed by atoms with Crippen LogP contribution in [0.3, 0.4) is 0 Å². The number of hydrogen-bond acceptors (Lipinski definition) is 1. The lowest BCUT2D eigenvalue weighted by Gasteiger charge is -2.17. The molecule has 3 heteroatoms. The van der Waals surface area contributed by atoms with Crippen molar-refractivity contribution in [2.24, 2.45) is 5.73 Å². The minimum atomic E-state index is -2.74. The molecular weight excluding hydrogens is 196 g/mol. The second-order valence-electron chi connectivity index (χ2n) is 3.87. The Morgan fingerprint density at radius 3 is 2.60 bits per heavy atom. The Morgan fingerprint density at radius 1 is 1.40 bits per heavy atom. The first-order chi connectivity index (χ1) is 6.97. The zero-order valence-electron chi connectivity index (χ0n) is 9.13. The second-order valence-corrected chi connectivity index (χ2v) is 3.87. The molecule has 0 fully saturated rings. The Labute approximate surface area is 89.3 Å². The Morgan fingerprint density at radius 2 is 2.07 bits per heavy atom. The van der Waals surface area contributed by atoms with Gasteiger partial charge in [0.25, 0.3) is 5.92 Å². The van der Waals surface area contributed by atoms with Crippen LogP contribution in [0.25, 0.3) is 0 Å². The summed E-state index contributed by atoms with van der Waals surface area (Å²) in [6.07, 6.45) is 0.352. The highest BCUT2D eigenvalue weighted by atomic mass is 19.3. The molecule has 0 saturated carbocycles. The van der Waals surface area contributed by atoms with E-state index in [9.17, 15) is 8.78 Å². The maximum Gasteiger partial charge on any atom is 0.273 e. The lowest BCUT2D eigenvalue weighted by atomic mass is 9.99. The van der Waals surface area contributed by atoms with Crippen LogP contribution in [-0.4, -0.2) is 0 Å². The molecule has 1 unspecified atom stereocenters. The molecule has 0 amide bonds. The summed E-state index contributed by atoms with van der Waals surface area (Å²) in [4.78, 5) is 0. The lowest BCUT2D eigenvalue weighted by Crippen LogP contribution is -2.14. The molecule has 2 N–H and O–H groups in total. The summed E-state index contributed by atoms with van der Waals surface area (Å²) in [6.45, 7) is 3.54. The van der Waals surface area contributed by atoms with E-state index in [1.54, 1.807) is 26.0 Å². The standard InChI is InChI=1S/C12H17F2N/c1-3-7-12(13,14)11-6-4-5-10(8-11)9(2)15/h4-6,8-9H,3,7,15H2,1-2H3. The summed E-state index contributed by atoms with van der Waals surface area (Å²) >= 11 is 0. The highest BCUT2D eigenvalue weighted by Gasteiger charge is 2.30. The molecule has 1 aromatic rings. The summed E-state index contributed by atoms with van der Waals surface area (Å²) in [5.41, 5.74) is 6.48. The van der Waals surface area contributed by atoms with E-state index in [1.807, 2.05) is 0 Å². The second kappa shape index (κ2) is 4.71. The van der Waals surface area contributed by atoms with Gasteiger partial charge in [0.1, 0.15) is 0 Å². The first-order valence-electron chi connectivity index (χ1n) is 5.21. The molecule has 0 radical (unpaired) electrons. The largest absolute Gasteiger partial charge is 0.324 e. The quantitative estimate of drug-likeness (QED) is 0.812. The van der Waals surface area contributed by atoms with E-state index >= 15 is 0 Å². The maximum atomic E-state index is 13.6. The van der Waals surface area contributed by atoms with Gasteiger partial charge in [-0.1, -0.05) is 31.5 Å². The van der Waals surface area contributed by atoms with Gasteiger partial charge in [-0.2, -0.15) is 0 Å². The Bertz CT molecular complexity index is 321. The molecule has 0 aliphatic rings. The molecule has 0 aliphatic carbocycles. The van der Waals surface area contributed by atoms with Crippen molar-refractivity contribution in [3.05, 3.63) is 35.4 Å². The number of rotatable bonds is 4. The number of alkyl halides is 2. The normalized spacial score (nSPS) is 13.9. The van der Waals surface area contributed by atoms with E-state index in [1.165, 1.54) is 12.1 Å². The van der Waals surface area contributed by atoms with Gasteiger partial charge in [0.15, 0.2) is 0 Å².